The van der Waals surface area contributed by atoms with E-state index in [-0.39, 0.29) is 17.9 Å². The third-order valence-electron chi connectivity index (χ3n) is 5.71. The number of amides is 2. The van der Waals surface area contributed by atoms with Crippen molar-refractivity contribution >= 4 is 23.2 Å². The van der Waals surface area contributed by atoms with Crippen LogP contribution in [0, 0.1) is 0 Å². The Balaban J connectivity index is 1.89. The smallest absolute Gasteiger partial charge is 0.285 e. The summed E-state index contributed by atoms with van der Waals surface area (Å²) >= 11 is 0. The summed E-state index contributed by atoms with van der Waals surface area (Å²) in [5.41, 5.74) is 0.632. The number of nitrogens with one attached hydrogen (secondary N) is 2. The molecule has 1 aromatic carbocycles. The van der Waals surface area contributed by atoms with Gasteiger partial charge in [0.05, 0.1) is 24.5 Å². The molecule has 5 heteroatoms. The normalized spacial score (nSPS) is 22.4. The molecule has 25 heavy (non-hydrogen) atoms. The minimum Gasteiger partial charge on any atom is -0.325 e. The average Bonchev–Trinajstić information content (AvgIpc) is 2.54. The summed E-state index contributed by atoms with van der Waals surface area (Å²) in [6.07, 6.45) is 6.17. The van der Waals surface area contributed by atoms with E-state index in [2.05, 4.69) is 5.32 Å². The molecule has 0 radical (unpaired) electrons. The molecule has 0 bridgehead atoms. The first-order valence-electron chi connectivity index (χ1n) is 9.52. The summed E-state index contributed by atoms with van der Waals surface area (Å²) in [7, 11) is 0. The summed E-state index contributed by atoms with van der Waals surface area (Å²) in [4.78, 5) is 29.1. The first-order valence-corrected chi connectivity index (χ1v) is 9.52. The Hall–Kier alpha value is -1.88. The minimum absolute atomic E-state index is 0.0443. The molecule has 5 nitrogen and oxygen atoms in total. The Kier molecular flexibility index (Phi) is 5.13. The highest BCUT2D eigenvalue weighted by Gasteiger charge is 2.46. The van der Waals surface area contributed by atoms with Gasteiger partial charge in [-0.25, -0.2) is 0 Å². The van der Waals surface area contributed by atoms with Crippen molar-refractivity contribution in [2.45, 2.75) is 64.5 Å². The molecule has 1 fully saturated rings. The summed E-state index contributed by atoms with van der Waals surface area (Å²) in [5.74, 6) is -0.0858. The second-order valence-electron chi connectivity index (χ2n) is 7.85. The van der Waals surface area contributed by atoms with Gasteiger partial charge in [0.2, 0.25) is 5.91 Å². The van der Waals surface area contributed by atoms with E-state index >= 15 is 0 Å². The first kappa shape index (κ1) is 17.9. The van der Waals surface area contributed by atoms with Gasteiger partial charge in [0.1, 0.15) is 5.54 Å². The van der Waals surface area contributed by atoms with Crippen LogP contribution in [0.3, 0.4) is 0 Å². The van der Waals surface area contributed by atoms with Crippen LogP contribution in [0.4, 0.5) is 11.4 Å². The van der Waals surface area contributed by atoms with Crippen LogP contribution in [0.1, 0.15) is 52.9 Å². The number of rotatable bonds is 2. The molecule has 0 aromatic heterocycles. The van der Waals surface area contributed by atoms with Crippen molar-refractivity contribution in [3.05, 3.63) is 24.3 Å². The average molecular weight is 344 g/mol. The summed E-state index contributed by atoms with van der Waals surface area (Å²) in [6, 6.07) is 7.43. The van der Waals surface area contributed by atoms with Gasteiger partial charge in [-0.1, -0.05) is 18.6 Å². The molecule has 2 amide bonds. The van der Waals surface area contributed by atoms with Gasteiger partial charge in [0.15, 0.2) is 6.04 Å². The number of likely N-dealkylation sites (tertiary alicyclic amines) is 1. The lowest BCUT2D eigenvalue weighted by atomic mass is 9.95. The minimum atomic E-state index is -0.887. The molecular weight excluding hydrogens is 314 g/mol. The number of nitrogens with zero attached hydrogens (tertiary/aromatic N) is 1. The zero-order chi connectivity index (χ0) is 18.0. The lowest BCUT2D eigenvalue weighted by Gasteiger charge is -2.43. The van der Waals surface area contributed by atoms with E-state index in [0.29, 0.717) is 0 Å². The van der Waals surface area contributed by atoms with Gasteiger partial charge in [0, 0.05) is 0 Å². The monoisotopic (exact) mass is 344 g/mol. The predicted molar refractivity (Wildman–Crippen MR) is 99.9 cm³/mol. The van der Waals surface area contributed by atoms with Crippen molar-refractivity contribution in [2.75, 3.05) is 23.3 Å². The summed E-state index contributed by atoms with van der Waals surface area (Å²) < 4.78 is 0. The fourth-order valence-corrected chi connectivity index (χ4v) is 4.01. The zero-order valence-corrected chi connectivity index (χ0v) is 15.6. The second kappa shape index (κ2) is 7.16. The van der Waals surface area contributed by atoms with Crippen LogP contribution in [-0.4, -0.2) is 36.5 Å². The van der Waals surface area contributed by atoms with E-state index < -0.39 is 5.54 Å². The van der Waals surface area contributed by atoms with Crippen molar-refractivity contribution in [2.24, 2.45) is 0 Å². The Morgan fingerprint density at radius 3 is 2.40 bits per heavy atom. The third-order valence-corrected chi connectivity index (χ3v) is 5.71. The number of para-hydroxylation sites is 2. The topological polar surface area (TPSA) is 53.9 Å². The quantitative estimate of drug-likeness (QED) is 0.862. The van der Waals surface area contributed by atoms with Crippen LogP contribution in [0.2, 0.25) is 0 Å². The van der Waals surface area contributed by atoms with Crippen LogP contribution in [0.15, 0.2) is 24.3 Å². The second-order valence-corrected chi connectivity index (χ2v) is 7.85. The van der Waals surface area contributed by atoms with E-state index in [1.165, 1.54) is 37.0 Å². The molecule has 2 aliphatic rings. The Labute approximate surface area is 150 Å². The van der Waals surface area contributed by atoms with Gasteiger partial charge < -0.3 is 10.2 Å². The third kappa shape index (κ3) is 3.43. The molecule has 3 rings (SSSR count). The highest BCUT2D eigenvalue weighted by Crippen LogP contribution is 2.36. The number of hydrogen-bond acceptors (Lipinski definition) is 2. The molecule has 2 N–H and O–H groups in total. The fraction of sp³-hybridized carbons (Fsp3) is 0.600. The van der Waals surface area contributed by atoms with Gasteiger partial charge >= 0.3 is 0 Å². The number of quaternary nitrogens is 1. The molecule has 2 heterocycles. The number of fused-ring (bicyclic) bond motifs is 1. The molecule has 0 spiro atoms. The van der Waals surface area contributed by atoms with Crippen LogP contribution in [0.25, 0.3) is 0 Å². The number of carbonyl (C=O) groups excluding carboxylic acids is 2. The fourth-order valence-electron chi connectivity index (χ4n) is 4.01. The maximum absolute atomic E-state index is 13.4. The maximum atomic E-state index is 13.4. The van der Waals surface area contributed by atoms with E-state index in [0.717, 1.165) is 24.5 Å². The Morgan fingerprint density at radius 2 is 1.72 bits per heavy atom. The predicted octanol–water partition coefficient (Wildman–Crippen LogP) is 1.99. The molecule has 1 aromatic rings. The molecule has 0 aliphatic carbocycles. The molecular formula is C20H30N3O2+. The number of hydrogen-bond donors (Lipinski definition) is 2. The van der Waals surface area contributed by atoms with Crippen molar-refractivity contribution in [1.29, 1.82) is 0 Å². The Bertz CT molecular complexity index is 648. The number of anilines is 2. The lowest BCUT2D eigenvalue weighted by Crippen LogP contribution is -3.17. The lowest BCUT2D eigenvalue weighted by molar-refractivity contribution is -0.915. The van der Waals surface area contributed by atoms with Crippen LogP contribution in [-0.2, 0) is 9.59 Å². The number of carbonyl (C=O) groups is 2. The van der Waals surface area contributed by atoms with Gasteiger partial charge in [-0.05, 0) is 58.6 Å². The Morgan fingerprint density at radius 1 is 1.12 bits per heavy atom. The van der Waals surface area contributed by atoms with Gasteiger partial charge in [-0.3, -0.25) is 14.5 Å². The maximum Gasteiger partial charge on any atom is 0.285 e. The van der Waals surface area contributed by atoms with Gasteiger partial charge in [-0.2, -0.15) is 0 Å². The van der Waals surface area contributed by atoms with Crippen LogP contribution in [0.5, 0.6) is 0 Å². The van der Waals surface area contributed by atoms with Crippen molar-refractivity contribution in [3.8, 4) is 0 Å². The van der Waals surface area contributed by atoms with Crippen LogP contribution < -0.4 is 15.1 Å². The van der Waals surface area contributed by atoms with Crippen LogP contribution >= 0.6 is 0 Å². The molecule has 0 saturated carbocycles. The molecule has 1 atom stereocenters. The van der Waals surface area contributed by atoms with Gasteiger partial charge in [-0.15, -0.1) is 0 Å². The highest BCUT2D eigenvalue weighted by atomic mass is 16.2. The molecule has 1 saturated heterocycles. The van der Waals surface area contributed by atoms with E-state index in [1.807, 2.05) is 45.0 Å². The van der Waals surface area contributed by atoms with Crippen molar-refractivity contribution < 1.29 is 14.5 Å². The standard InChI is InChI=1S/C20H29N3O2/c1-15(22-13-9-5-4-6-10-14-22)18(24)23-17-12-8-7-11-16(17)21-19(25)20(23,2)3/h7-8,11-12,15H,4-6,9-10,13-14H2,1-3H3,(H,21,25)/p+1/t15-/m1/s1. The highest BCUT2D eigenvalue weighted by molar-refractivity contribution is 6.14. The van der Waals surface area contributed by atoms with Crippen molar-refractivity contribution in [3.63, 3.8) is 0 Å². The van der Waals surface area contributed by atoms with E-state index in [1.54, 1.807) is 4.90 Å². The van der Waals surface area contributed by atoms with Crippen molar-refractivity contribution in [1.82, 2.24) is 0 Å². The molecule has 136 valence electrons. The molecule has 2 aliphatic heterocycles. The SMILES string of the molecule is C[C@H](C(=O)N1c2ccccc2NC(=O)C1(C)C)[NH+]1CCCCCCC1. The van der Waals surface area contributed by atoms with E-state index in [4.69, 9.17) is 0 Å². The number of benzene rings is 1. The summed E-state index contributed by atoms with van der Waals surface area (Å²) in [5, 5.41) is 2.93. The first-order chi connectivity index (χ1) is 11.9. The molecule has 0 unspecified atom stereocenters. The largest absolute Gasteiger partial charge is 0.325 e. The summed E-state index contributed by atoms with van der Waals surface area (Å²) in [6.45, 7) is 7.74. The zero-order valence-electron chi connectivity index (χ0n) is 15.6. The van der Waals surface area contributed by atoms with Gasteiger partial charge in [0.25, 0.3) is 5.91 Å². The van der Waals surface area contributed by atoms with E-state index in [9.17, 15) is 9.59 Å².